The number of likely N-dealkylation sites (N-methyl/N-ethyl adjacent to an activating group) is 3. The van der Waals surface area contributed by atoms with E-state index in [-0.39, 0.29) is 23.8 Å². The van der Waals surface area contributed by atoms with Gasteiger partial charge in [-0.2, -0.15) is 0 Å². The lowest BCUT2D eigenvalue weighted by atomic mass is 9.87. The molecule has 0 amide bonds. The maximum atomic E-state index is 14.2. The van der Waals surface area contributed by atoms with E-state index in [4.69, 9.17) is 4.74 Å². The largest absolute Gasteiger partial charge is 0.461 e. The fourth-order valence-electron chi connectivity index (χ4n) is 6.52. The van der Waals surface area contributed by atoms with Crippen molar-refractivity contribution in [3.05, 3.63) is 59.2 Å². The molecular formula is C34H51N5O3. The Morgan fingerprint density at radius 1 is 0.714 bits per heavy atom. The fraction of sp³-hybridized carbons (Fsp3) is 0.588. The predicted octanol–water partition coefficient (Wildman–Crippen LogP) is 4.80. The normalized spacial score (nSPS) is 17.7. The third-order valence-electron chi connectivity index (χ3n) is 9.25. The van der Waals surface area contributed by atoms with Crippen LogP contribution in [0.25, 0.3) is 0 Å². The van der Waals surface area contributed by atoms with E-state index >= 15 is 0 Å². The highest BCUT2D eigenvalue weighted by atomic mass is 16.5. The van der Waals surface area contributed by atoms with E-state index < -0.39 is 0 Å². The summed E-state index contributed by atoms with van der Waals surface area (Å²) in [5, 5.41) is 0. The lowest BCUT2D eigenvalue weighted by molar-refractivity contribution is 0.0466. The first-order valence-corrected chi connectivity index (χ1v) is 16.1. The zero-order valence-corrected chi connectivity index (χ0v) is 26.6. The first-order chi connectivity index (χ1) is 20.4. The maximum Gasteiger partial charge on any atom is 0.338 e. The number of carbonyl (C=O) groups excluding carboxylic acids is 2. The minimum Gasteiger partial charge on any atom is -0.461 e. The van der Waals surface area contributed by atoms with Crippen LogP contribution in [0.5, 0.6) is 0 Å². The molecule has 0 bridgehead atoms. The molecule has 8 heteroatoms. The molecule has 0 saturated heterocycles. The number of benzene rings is 2. The number of hydrogen-bond donors (Lipinski definition) is 0. The van der Waals surface area contributed by atoms with Gasteiger partial charge in [-0.3, -0.25) is 4.79 Å². The number of para-hydroxylation sites is 1. The molecule has 2 aliphatic heterocycles. The zero-order chi connectivity index (χ0) is 30.2. The summed E-state index contributed by atoms with van der Waals surface area (Å²) >= 11 is 0. The number of esters is 1. The van der Waals surface area contributed by atoms with Crippen LogP contribution in [-0.2, 0) is 4.74 Å². The Morgan fingerprint density at radius 3 is 1.86 bits per heavy atom. The van der Waals surface area contributed by atoms with Gasteiger partial charge in [-0.15, -0.1) is 0 Å². The monoisotopic (exact) mass is 577 g/mol. The van der Waals surface area contributed by atoms with Gasteiger partial charge in [0.1, 0.15) is 12.6 Å². The molecule has 2 unspecified atom stereocenters. The van der Waals surface area contributed by atoms with Crippen molar-refractivity contribution in [2.75, 3.05) is 88.4 Å². The van der Waals surface area contributed by atoms with Crippen molar-refractivity contribution in [1.82, 2.24) is 14.7 Å². The summed E-state index contributed by atoms with van der Waals surface area (Å²) in [7, 11) is 0. The number of hydrogen-bond acceptors (Lipinski definition) is 8. The van der Waals surface area contributed by atoms with Crippen molar-refractivity contribution >= 4 is 23.1 Å². The van der Waals surface area contributed by atoms with Crippen LogP contribution >= 0.6 is 0 Å². The summed E-state index contributed by atoms with van der Waals surface area (Å²) in [6.07, 6.45) is 0. The third-order valence-corrected chi connectivity index (χ3v) is 9.25. The SMILES string of the molecule is CCN(CC)CCOC(=O)c1ccc2c(c1)C1C(C(=O)c3ccccc3N1CCN(CC)CC)N2CCN(CC)CC. The number of rotatable bonds is 16. The molecule has 230 valence electrons. The first-order valence-electron chi connectivity index (χ1n) is 16.1. The Hall–Kier alpha value is -2.94. The molecule has 0 aliphatic carbocycles. The van der Waals surface area contributed by atoms with Crippen molar-refractivity contribution in [3.8, 4) is 0 Å². The average molecular weight is 578 g/mol. The molecule has 4 rings (SSSR count). The van der Waals surface area contributed by atoms with Crippen molar-refractivity contribution in [3.63, 3.8) is 0 Å². The molecule has 0 saturated carbocycles. The smallest absolute Gasteiger partial charge is 0.338 e. The van der Waals surface area contributed by atoms with Crippen LogP contribution in [0.1, 0.15) is 73.9 Å². The van der Waals surface area contributed by atoms with Crippen LogP contribution in [0.2, 0.25) is 0 Å². The van der Waals surface area contributed by atoms with Gasteiger partial charge in [0, 0.05) is 55.2 Å². The average Bonchev–Trinajstić information content (AvgIpc) is 3.35. The molecule has 0 fully saturated rings. The van der Waals surface area contributed by atoms with E-state index in [1.54, 1.807) is 0 Å². The van der Waals surface area contributed by atoms with Gasteiger partial charge in [-0.05, 0) is 69.6 Å². The van der Waals surface area contributed by atoms with Gasteiger partial charge in [-0.25, -0.2) is 4.79 Å². The first kappa shape index (κ1) is 32.0. The summed E-state index contributed by atoms with van der Waals surface area (Å²) in [6.45, 7) is 23.1. The molecule has 0 radical (unpaired) electrons. The molecule has 0 aromatic heterocycles. The van der Waals surface area contributed by atoms with Crippen LogP contribution in [0.4, 0.5) is 11.4 Å². The zero-order valence-electron chi connectivity index (χ0n) is 26.6. The predicted molar refractivity (Wildman–Crippen MR) is 172 cm³/mol. The Kier molecular flexibility index (Phi) is 11.4. The second-order valence-electron chi connectivity index (χ2n) is 11.1. The Labute approximate surface area is 253 Å². The van der Waals surface area contributed by atoms with Crippen LogP contribution in [0, 0.1) is 0 Å². The summed E-state index contributed by atoms with van der Waals surface area (Å²) in [5.74, 6) is -0.144. The highest BCUT2D eigenvalue weighted by Gasteiger charge is 2.50. The quantitative estimate of drug-likeness (QED) is 0.264. The maximum absolute atomic E-state index is 14.2. The molecule has 2 aromatic carbocycles. The van der Waals surface area contributed by atoms with Crippen molar-refractivity contribution < 1.29 is 14.3 Å². The van der Waals surface area contributed by atoms with E-state index in [1.807, 2.05) is 36.4 Å². The van der Waals surface area contributed by atoms with Crippen molar-refractivity contribution in [2.45, 2.75) is 53.6 Å². The van der Waals surface area contributed by atoms with Gasteiger partial charge in [0.2, 0.25) is 0 Å². The molecule has 2 aromatic rings. The number of ether oxygens (including phenoxy) is 1. The highest BCUT2D eigenvalue weighted by Crippen LogP contribution is 2.49. The van der Waals surface area contributed by atoms with Gasteiger partial charge in [0.25, 0.3) is 0 Å². The molecule has 2 atom stereocenters. The fourth-order valence-corrected chi connectivity index (χ4v) is 6.52. The summed E-state index contributed by atoms with van der Waals surface area (Å²) < 4.78 is 5.72. The molecule has 0 N–H and O–H groups in total. The van der Waals surface area contributed by atoms with Crippen LogP contribution in [-0.4, -0.2) is 111 Å². The van der Waals surface area contributed by atoms with Gasteiger partial charge in [0.15, 0.2) is 5.78 Å². The summed E-state index contributed by atoms with van der Waals surface area (Å²) in [6, 6.07) is 13.4. The Bertz CT molecular complexity index is 1190. The lowest BCUT2D eigenvalue weighted by Crippen LogP contribution is -2.53. The van der Waals surface area contributed by atoms with Gasteiger partial charge in [0.05, 0.1) is 11.6 Å². The van der Waals surface area contributed by atoms with Gasteiger partial charge < -0.3 is 29.2 Å². The lowest BCUT2D eigenvalue weighted by Gasteiger charge is -2.43. The number of Topliss-reactive ketones (excluding diaryl/α,β-unsaturated/α-hetero) is 1. The number of ketones is 1. The molecule has 42 heavy (non-hydrogen) atoms. The topological polar surface area (TPSA) is 59.6 Å². The second kappa shape index (κ2) is 15.0. The standard InChI is InChI=1S/C34H51N5O3/c1-7-35(8-2)19-21-38-29-16-14-13-15-27(29)33(40)32-31(38)28-25-26(34(41)42-24-23-37(11-5)12-6)17-18-30(28)39(32)22-20-36(9-3)10-4/h13-18,25,31-32H,7-12,19-24H2,1-6H3. The highest BCUT2D eigenvalue weighted by molar-refractivity contribution is 6.10. The van der Waals surface area contributed by atoms with E-state index in [2.05, 4.69) is 72.1 Å². The van der Waals surface area contributed by atoms with E-state index in [0.717, 1.165) is 94.5 Å². The molecule has 8 nitrogen and oxygen atoms in total. The summed E-state index contributed by atoms with van der Waals surface area (Å²) in [4.78, 5) is 39.3. The Balaban J connectivity index is 1.72. The summed E-state index contributed by atoms with van der Waals surface area (Å²) in [5.41, 5.74) is 4.41. The number of nitrogens with zero attached hydrogens (tertiary/aromatic N) is 5. The van der Waals surface area contributed by atoms with E-state index in [9.17, 15) is 9.59 Å². The van der Waals surface area contributed by atoms with E-state index in [0.29, 0.717) is 12.2 Å². The minimum absolute atomic E-state index is 0.161. The van der Waals surface area contributed by atoms with E-state index in [1.165, 1.54) is 0 Å². The minimum atomic E-state index is -0.337. The van der Waals surface area contributed by atoms with Crippen LogP contribution in [0.3, 0.4) is 0 Å². The molecule has 2 aliphatic rings. The number of anilines is 2. The van der Waals surface area contributed by atoms with Crippen LogP contribution < -0.4 is 9.80 Å². The Morgan fingerprint density at radius 2 is 1.26 bits per heavy atom. The van der Waals surface area contributed by atoms with Crippen molar-refractivity contribution in [1.29, 1.82) is 0 Å². The van der Waals surface area contributed by atoms with Gasteiger partial charge in [-0.1, -0.05) is 53.7 Å². The molecular weight excluding hydrogens is 526 g/mol. The number of carbonyl (C=O) groups is 2. The second-order valence-corrected chi connectivity index (χ2v) is 11.1. The van der Waals surface area contributed by atoms with Gasteiger partial charge >= 0.3 is 5.97 Å². The van der Waals surface area contributed by atoms with Crippen molar-refractivity contribution in [2.24, 2.45) is 0 Å². The number of fused-ring (bicyclic) bond motifs is 4. The molecule has 2 heterocycles. The third kappa shape index (κ3) is 6.66. The van der Waals surface area contributed by atoms with Crippen LogP contribution in [0.15, 0.2) is 42.5 Å². The molecule has 0 spiro atoms.